The van der Waals surface area contributed by atoms with E-state index in [-0.39, 0.29) is 0 Å². The molecule has 2 rings (SSSR count). The van der Waals surface area contributed by atoms with Crippen molar-refractivity contribution >= 4 is 27.9 Å². The van der Waals surface area contributed by atoms with Crippen molar-refractivity contribution in [2.75, 3.05) is 6.61 Å². The van der Waals surface area contributed by atoms with Crippen LogP contribution in [0.4, 0.5) is 4.79 Å². The molecule has 0 saturated heterocycles. The number of amides is 3. The van der Waals surface area contributed by atoms with Crippen molar-refractivity contribution in [1.29, 1.82) is 0 Å². The molecule has 3 amide bonds. The summed E-state index contributed by atoms with van der Waals surface area (Å²) in [5.74, 6) is 0.424. The molecule has 108 valence electrons. The molecular formula is C13H16BrN3O3. The second-order valence-corrected chi connectivity index (χ2v) is 5.52. The molecule has 0 aromatic heterocycles. The van der Waals surface area contributed by atoms with Crippen molar-refractivity contribution in [3.8, 4) is 5.75 Å². The predicted molar refractivity (Wildman–Crippen MR) is 77.4 cm³/mol. The summed E-state index contributed by atoms with van der Waals surface area (Å²) in [6.07, 6.45) is 0.888. The van der Waals surface area contributed by atoms with E-state index in [4.69, 9.17) is 10.5 Å². The van der Waals surface area contributed by atoms with E-state index < -0.39 is 18.0 Å². The molecule has 20 heavy (non-hydrogen) atoms. The highest BCUT2D eigenvalue weighted by atomic mass is 79.9. The van der Waals surface area contributed by atoms with Crippen molar-refractivity contribution in [1.82, 2.24) is 10.6 Å². The van der Waals surface area contributed by atoms with Crippen LogP contribution in [0.3, 0.4) is 0 Å². The average Bonchev–Trinajstić information content (AvgIpc) is 2.82. The first-order valence-electron chi connectivity index (χ1n) is 6.25. The van der Waals surface area contributed by atoms with Gasteiger partial charge in [-0.3, -0.25) is 10.1 Å². The summed E-state index contributed by atoms with van der Waals surface area (Å²) >= 11 is 3.46. The molecule has 0 aliphatic carbocycles. The van der Waals surface area contributed by atoms with E-state index in [0.717, 1.165) is 27.8 Å². The molecule has 6 nitrogen and oxygen atoms in total. The molecular weight excluding hydrogens is 326 g/mol. The van der Waals surface area contributed by atoms with Crippen LogP contribution in [0.25, 0.3) is 0 Å². The zero-order valence-corrected chi connectivity index (χ0v) is 12.6. The van der Waals surface area contributed by atoms with Crippen molar-refractivity contribution in [3.63, 3.8) is 0 Å². The number of halogens is 1. The normalized spacial score (nSPS) is 14.3. The van der Waals surface area contributed by atoms with E-state index in [0.29, 0.717) is 13.2 Å². The molecule has 1 aliphatic heterocycles. The van der Waals surface area contributed by atoms with Crippen LogP contribution in [0.15, 0.2) is 16.6 Å². The second kappa shape index (κ2) is 6.23. The number of urea groups is 1. The van der Waals surface area contributed by atoms with E-state index >= 15 is 0 Å². The molecule has 0 bridgehead atoms. The number of benzene rings is 1. The number of nitrogens with one attached hydrogen (secondary N) is 2. The van der Waals surface area contributed by atoms with Gasteiger partial charge in [0.15, 0.2) is 0 Å². The maximum Gasteiger partial charge on any atom is 0.318 e. The number of carbonyl (C=O) groups excluding carboxylic acids is 2. The lowest BCUT2D eigenvalue weighted by Crippen LogP contribution is -2.46. The Kier molecular flexibility index (Phi) is 4.61. The van der Waals surface area contributed by atoms with Gasteiger partial charge in [-0.15, -0.1) is 0 Å². The van der Waals surface area contributed by atoms with Gasteiger partial charge in [0.05, 0.1) is 12.6 Å². The Hall–Kier alpha value is -1.60. The lowest BCUT2D eigenvalue weighted by Gasteiger charge is -2.14. The molecule has 0 fully saturated rings. The Labute approximate surface area is 125 Å². The summed E-state index contributed by atoms with van der Waals surface area (Å²) in [5.41, 5.74) is 7.04. The highest BCUT2D eigenvalue weighted by Gasteiger charge is 2.19. The van der Waals surface area contributed by atoms with E-state index in [1.165, 1.54) is 0 Å². The standard InChI is InChI=1S/C13H16BrN3O3/c1-7(12(18)17-13(15)19)16-6-9-5-10(14)4-8-2-3-20-11(8)9/h4-5,7,16H,2-3,6H2,1H3,(H3,15,17,18,19). The zero-order valence-electron chi connectivity index (χ0n) is 11.0. The van der Waals surface area contributed by atoms with Gasteiger partial charge >= 0.3 is 6.03 Å². The Morgan fingerprint density at radius 2 is 2.25 bits per heavy atom. The average molecular weight is 342 g/mol. The minimum Gasteiger partial charge on any atom is -0.493 e. The van der Waals surface area contributed by atoms with Crippen LogP contribution in [-0.2, 0) is 17.8 Å². The van der Waals surface area contributed by atoms with Gasteiger partial charge in [-0.25, -0.2) is 4.79 Å². The molecule has 1 atom stereocenters. The molecule has 1 aromatic rings. The summed E-state index contributed by atoms with van der Waals surface area (Å²) in [6, 6.07) is 2.61. The van der Waals surface area contributed by atoms with Crippen LogP contribution in [0.5, 0.6) is 5.75 Å². The minimum absolute atomic E-state index is 0.454. The zero-order chi connectivity index (χ0) is 14.7. The summed E-state index contributed by atoms with van der Waals surface area (Å²) in [4.78, 5) is 22.2. The number of rotatable bonds is 4. The molecule has 1 heterocycles. The van der Waals surface area contributed by atoms with Crippen molar-refractivity contribution in [3.05, 3.63) is 27.7 Å². The van der Waals surface area contributed by atoms with Crippen LogP contribution >= 0.6 is 15.9 Å². The Morgan fingerprint density at radius 3 is 2.95 bits per heavy atom. The molecule has 0 spiro atoms. The Morgan fingerprint density at radius 1 is 1.50 bits per heavy atom. The molecule has 1 aromatic carbocycles. The monoisotopic (exact) mass is 341 g/mol. The first-order chi connectivity index (χ1) is 9.47. The summed E-state index contributed by atoms with van der Waals surface area (Å²) < 4.78 is 6.59. The first kappa shape index (κ1) is 14.8. The van der Waals surface area contributed by atoms with Crippen LogP contribution in [-0.4, -0.2) is 24.6 Å². The van der Waals surface area contributed by atoms with Crippen molar-refractivity contribution in [2.24, 2.45) is 5.73 Å². The third kappa shape index (κ3) is 3.49. The Bertz CT molecular complexity index is 548. The van der Waals surface area contributed by atoms with E-state index in [9.17, 15) is 9.59 Å². The van der Waals surface area contributed by atoms with Crippen LogP contribution in [0.1, 0.15) is 18.1 Å². The summed E-state index contributed by atoms with van der Waals surface area (Å²) in [5, 5.41) is 5.08. The van der Waals surface area contributed by atoms with Gasteiger partial charge < -0.3 is 15.8 Å². The third-order valence-corrected chi connectivity index (χ3v) is 3.52. The molecule has 1 aliphatic rings. The number of imide groups is 1. The van der Waals surface area contributed by atoms with Gasteiger partial charge in [-0.2, -0.15) is 0 Å². The lowest BCUT2D eigenvalue weighted by atomic mass is 10.1. The quantitative estimate of drug-likeness (QED) is 0.763. The fourth-order valence-electron chi connectivity index (χ4n) is 2.06. The van der Waals surface area contributed by atoms with Gasteiger partial charge in [0.25, 0.3) is 0 Å². The number of primary amides is 1. The predicted octanol–water partition coefficient (Wildman–Crippen LogP) is 1.06. The Balaban J connectivity index is 2.01. The van der Waals surface area contributed by atoms with Gasteiger partial charge in [0, 0.05) is 23.0 Å². The second-order valence-electron chi connectivity index (χ2n) is 4.61. The third-order valence-electron chi connectivity index (χ3n) is 3.06. The van der Waals surface area contributed by atoms with Crippen molar-refractivity contribution < 1.29 is 14.3 Å². The van der Waals surface area contributed by atoms with Gasteiger partial charge in [0.2, 0.25) is 5.91 Å². The number of fused-ring (bicyclic) bond motifs is 1. The van der Waals surface area contributed by atoms with Crippen LogP contribution in [0, 0.1) is 0 Å². The summed E-state index contributed by atoms with van der Waals surface area (Å²) in [7, 11) is 0. The van der Waals surface area contributed by atoms with Crippen molar-refractivity contribution in [2.45, 2.75) is 25.9 Å². The topological polar surface area (TPSA) is 93.4 Å². The SMILES string of the molecule is CC(NCc1cc(Br)cc2c1OCC2)C(=O)NC(N)=O. The number of hydrogen-bond donors (Lipinski definition) is 3. The van der Waals surface area contributed by atoms with E-state index in [1.54, 1.807) is 6.92 Å². The van der Waals surface area contributed by atoms with Crippen LogP contribution < -0.4 is 21.1 Å². The number of hydrogen-bond acceptors (Lipinski definition) is 4. The fraction of sp³-hybridized carbons (Fsp3) is 0.385. The number of ether oxygens (including phenoxy) is 1. The largest absolute Gasteiger partial charge is 0.493 e. The van der Waals surface area contributed by atoms with E-state index in [1.807, 2.05) is 17.4 Å². The lowest BCUT2D eigenvalue weighted by molar-refractivity contribution is -0.121. The fourth-order valence-corrected chi connectivity index (χ4v) is 2.62. The maximum atomic E-state index is 11.6. The minimum atomic E-state index is -0.852. The molecule has 0 radical (unpaired) electrons. The highest BCUT2D eigenvalue weighted by Crippen LogP contribution is 2.32. The first-order valence-corrected chi connectivity index (χ1v) is 7.04. The van der Waals surface area contributed by atoms with Gasteiger partial charge in [-0.05, 0) is 24.6 Å². The molecule has 1 unspecified atom stereocenters. The molecule has 7 heteroatoms. The number of nitrogens with two attached hydrogens (primary N) is 1. The highest BCUT2D eigenvalue weighted by molar-refractivity contribution is 9.10. The van der Waals surface area contributed by atoms with Gasteiger partial charge in [-0.1, -0.05) is 15.9 Å². The number of carbonyl (C=O) groups is 2. The maximum absolute atomic E-state index is 11.6. The summed E-state index contributed by atoms with van der Waals surface area (Å²) in [6.45, 7) is 2.81. The molecule has 4 N–H and O–H groups in total. The van der Waals surface area contributed by atoms with Gasteiger partial charge in [0.1, 0.15) is 5.75 Å². The molecule has 0 saturated carbocycles. The van der Waals surface area contributed by atoms with E-state index in [2.05, 4.69) is 21.2 Å². The smallest absolute Gasteiger partial charge is 0.318 e. The van der Waals surface area contributed by atoms with Crippen LogP contribution in [0.2, 0.25) is 0 Å².